The van der Waals surface area contributed by atoms with Crippen molar-refractivity contribution in [1.29, 1.82) is 0 Å². The summed E-state index contributed by atoms with van der Waals surface area (Å²) in [5, 5.41) is 16.0. The number of benzene rings is 2. The third-order valence-corrected chi connectivity index (χ3v) is 7.25. The molecule has 2 aromatic carbocycles. The zero-order chi connectivity index (χ0) is 19.7. The van der Waals surface area contributed by atoms with E-state index in [9.17, 15) is 5.11 Å². The van der Waals surface area contributed by atoms with E-state index in [4.69, 9.17) is 0 Å². The maximum absolute atomic E-state index is 15.3. The van der Waals surface area contributed by atoms with Gasteiger partial charge in [-0.2, -0.15) is 0 Å². The Kier molecular flexibility index (Phi) is 3.49. The molecule has 0 saturated heterocycles. The normalized spacial score (nSPS) is 27.9. The largest absolute Gasteiger partial charge is 0.387 e. The number of aliphatic hydroxyl groups is 1. The molecular weight excluding hydrogens is 351 g/mol. The van der Waals surface area contributed by atoms with Gasteiger partial charge in [-0.3, -0.25) is 4.98 Å². The summed E-state index contributed by atoms with van der Waals surface area (Å²) in [5.41, 5.74) is 2.23. The summed E-state index contributed by atoms with van der Waals surface area (Å²) < 4.78 is 15.3. The number of nitrogens with one attached hydrogen (secondary N) is 1. The van der Waals surface area contributed by atoms with Gasteiger partial charge in [0, 0.05) is 28.2 Å². The second-order valence-corrected chi connectivity index (χ2v) is 9.05. The molecule has 1 aliphatic carbocycles. The number of rotatable bonds is 1. The number of hydrogen-bond acceptors (Lipinski definition) is 3. The van der Waals surface area contributed by atoms with Crippen LogP contribution in [0, 0.1) is 5.82 Å². The standard InChI is InChI=1S/C24H25FN2O/c1-22(2)24(28)11-6-10-23(24,3)18-13-17(19(25)14-21(18)27-22)15-7-4-9-20-16(15)8-5-12-26-20/h4-5,7-9,12-14,27-28H,6,10-11H2,1-3H3. The summed E-state index contributed by atoms with van der Waals surface area (Å²) in [6.45, 7) is 6.16. The Morgan fingerprint density at radius 3 is 2.68 bits per heavy atom. The van der Waals surface area contributed by atoms with Crippen molar-refractivity contribution in [2.45, 2.75) is 56.6 Å². The molecule has 3 aromatic rings. The van der Waals surface area contributed by atoms with Crippen LogP contribution in [0.3, 0.4) is 0 Å². The highest BCUT2D eigenvalue weighted by Gasteiger charge is 2.62. The number of pyridine rings is 1. The Balaban J connectivity index is 1.78. The van der Waals surface area contributed by atoms with Crippen molar-refractivity contribution >= 4 is 16.6 Å². The molecule has 3 nitrogen and oxygen atoms in total. The molecule has 1 saturated carbocycles. The first-order valence-electron chi connectivity index (χ1n) is 9.96. The fraction of sp³-hybridized carbons (Fsp3) is 0.375. The van der Waals surface area contributed by atoms with E-state index in [2.05, 4.69) is 17.2 Å². The first kappa shape index (κ1) is 17.6. The minimum atomic E-state index is -0.873. The lowest BCUT2D eigenvalue weighted by Crippen LogP contribution is -2.65. The molecule has 28 heavy (non-hydrogen) atoms. The van der Waals surface area contributed by atoms with Crippen LogP contribution in [-0.4, -0.2) is 21.2 Å². The molecule has 1 fully saturated rings. The highest BCUT2D eigenvalue weighted by Crippen LogP contribution is 2.59. The minimum Gasteiger partial charge on any atom is -0.387 e. The topological polar surface area (TPSA) is 45.2 Å². The van der Waals surface area contributed by atoms with Crippen molar-refractivity contribution in [3.8, 4) is 11.1 Å². The van der Waals surface area contributed by atoms with Crippen molar-refractivity contribution in [3.63, 3.8) is 0 Å². The van der Waals surface area contributed by atoms with E-state index >= 15 is 4.39 Å². The number of fused-ring (bicyclic) bond motifs is 4. The van der Waals surface area contributed by atoms with E-state index in [1.165, 1.54) is 0 Å². The van der Waals surface area contributed by atoms with Crippen LogP contribution in [0.5, 0.6) is 0 Å². The second kappa shape index (κ2) is 5.54. The molecular formula is C24H25FN2O. The fourth-order valence-electron chi connectivity index (χ4n) is 5.66. The van der Waals surface area contributed by atoms with Gasteiger partial charge >= 0.3 is 0 Å². The van der Waals surface area contributed by atoms with Gasteiger partial charge in [0.2, 0.25) is 0 Å². The fourth-order valence-corrected chi connectivity index (χ4v) is 5.66. The van der Waals surface area contributed by atoms with Crippen molar-refractivity contribution in [3.05, 3.63) is 60.0 Å². The molecule has 5 rings (SSSR count). The Labute approximate surface area is 164 Å². The third-order valence-electron chi connectivity index (χ3n) is 7.25. The monoisotopic (exact) mass is 376 g/mol. The predicted octanol–water partition coefficient (Wildman–Crippen LogP) is 5.42. The Bertz CT molecular complexity index is 1100. The van der Waals surface area contributed by atoms with Crippen molar-refractivity contribution in [2.24, 2.45) is 0 Å². The van der Waals surface area contributed by atoms with E-state index in [-0.39, 0.29) is 5.82 Å². The van der Waals surface area contributed by atoms with Crippen LogP contribution in [0.25, 0.3) is 22.0 Å². The maximum Gasteiger partial charge on any atom is 0.133 e. The maximum atomic E-state index is 15.3. The van der Waals surface area contributed by atoms with Crippen molar-refractivity contribution < 1.29 is 9.50 Å². The SMILES string of the molecule is CC1(C)Nc2cc(F)c(-c3cccc4ncccc34)cc2C2(C)CCCC12O. The van der Waals surface area contributed by atoms with Crippen LogP contribution in [0.4, 0.5) is 10.1 Å². The zero-order valence-electron chi connectivity index (χ0n) is 16.5. The summed E-state index contributed by atoms with van der Waals surface area (Å²) in [5.74, 6) is -0.259. The quantitative estimate of drug-likeness (QED) is 0.596. The summed E-state index contributed by atoms with van der Waals surface area (Å²) in [4.78, 5) is 4.41. The molecule has 0 bridgehead atoms. The highest BCUT2D eigenvalue weighted by molar-refractivity contribution is 5.95. The van der Waals surface area contributed by atoms with E-state index < -0.39 is 16.6 Å². The molecule has 4 heteroatoms. The number of halogens is 1. The molecule has 0 amide bonds. The van der Waals surface area contributed by atoms with Gasteiger partial charge in [0.1, 0.15) is 5.82 Å². The zero-order valence-corrected chi connectivity index (χ0v) is 16.5. The summed E-state index contributed by atoms with van der Waals surface area (Å²) >= 11 is 0. The minimum absolute atomic E-state index is 0.259. The van der Waals surface area contributed by atoms with Gasteiger partial charge in [-0.15, -0.1) is 0 Å². The smallest absolute Gasteiger partial charge is 0.133 e. The van der Waals surface area contributed by atoms with Crippen LogP contribution >= 0.6 is 0 Å². The van der Waals surface area contributed by atoms with Gasteiger partial charge in [0.25, 0.3) is 0 Å². The molecule has 1 aromatic heterocycles. The number of anilines is 1. The van der Waals surface area contributed by atoms with Crippen LogP contribution in [0.2, 0.25) is 0 Å². The molecule has 0 spiro atoms. The second-order valence-electron chi connectivity index (χ2n) is 9.05. The number of nitrogens with zero attached hydrogens (tertiary/aromatic N) is 1. The van der Waals surface area contributed by atoms with Crippen LogP contribution in [-0.2, 0) is 5.41 Å². The van der Waals surface area contributed by atoms with Crippen LogP contribution < -0.4 is 5.32 Å². The molecule has 2 N–H and O–H groups in total. The van der Waals surface area contributed by atoms with Crippen LogP contribution in [0.15, 0.2) is 48.7 Å². The molecule has 2 aliphatic rings. The van der Waals surface area contributed by atoms with E-state index in [1.807, 2.05) is 50.2 Å². The molecule has 2 atom stereocenters. The Morgan fingerprint density at radius 2 is 1.86 bits per heavy atom. The molecule has 2 unspecified atom stereocenters. The molecule has 1 aliphatic heterocycles. The van der Waals surface area contributed by atoms with Crippen LogP contribution in [0.1, 0.15) is 45.6 Å². The summed E-state index contributed by atoms with van der Waals surface area (Å²) in [7, 11) is 0. The molecule has 0 radical (unpaired) electrons. The predicted molar refractivity (Wildman–Crippen MR) is 111 cm³/mol. The van der Waals surface area contributed by atoms with Gasteiger partial charge in [-0.1, -0.05) is 25.1 Å². The van der Waals surface area contributed by atoms with Gasteiger partial charge in [-0.25, -0.2) is 4.39 Å². The average molecular weight is 376 g/mol. The highest BCUT2D eigenvalue weighted by atomic mass is 19.1. The lowest BCUT2D eigenvalue weighted by molar-refractivity contribution is -0.0628. The van der Waals surface area contributed by atoms with Gasteiger partial charge in [-0.05, 0) is 68.5 Å². The van der Waals surface area contributed by atoms with E-state index in [0.717, 1.165) is 47.0 Å². The lowest BCUT2D eigenvalue weighted by atomic mass is 9.60. The third kappa shape index (κ3) is 2.10. The number of hydrogen-bond donors (Lipinski definition) is 2. The molecule has 144 valence electrons. The van der Waals surface area contributed by atoms with Gasteiger partial charge < -0.3 is 10.4 Å². The first-order valence-corrected chi connectivity index (χ1v) is 9.96. The van der Waals surface area contributed by atoms with E-state index in [1.54, 1.807) is 12.3 Å². The summed E-state index contributed by atoms with van der Waals surface area (Å²) in [6.07, 6.45) is 4.35. The van der Waals surface area contributed by atoms with Crippen molar-refractivity contribution in [2.75, 3.05) is 5.32 Å². The van der Waals surface area contributed by atoms with E-state index in [0.29, 0.717) is 5.56 Å². The van der Waals surface area contributed by atoms with Gasteiger partial charge in [0.15, 0.2) is 0 Å². The first-order chi connectivity index (χ1) is 13.3. The lowest BCUT2D eigenvalue weighted by Gasteiger charge is -2.55. The Hall–Kier alpha value is -2.46. The Morgan fingerprint density at radius 1 is 1.04 bits per heavy atom. The van der Waals surface area contributed by atoms with Gasteiger partial charge in [0.05, 0.1) is 16.7 Å². The molecule has 2 heterocycles. The summed E-state index contributed by atoms with van der Waals surface area (Å²) in [6, 6.07) is 13.2. The number of aromatic nitrogens is 1. The average Bonchev–Trinajstić information content (AvgIpc) is 2.98. The van der Waals surface area contributed by atoms with Crippen molar-refractivity contribution in [1.82, 2.24) is 4.98 Å².